The Hall–Kier alpha value is -1.88. The number of benzene rings is 1. The molecule has 21 heavy (non-hydrogen) atoms. The van der Waals surface area contributed by atoms with Crippen molar-refractivity contribution in [1.82, 2.24) is 15.5 Å². The molecule has 0 fully saturated rings. The summed E-state index contributed by atoms with van der Waals surface area (Å²) in [6, 6.07) is 11.1. The maximum Gasteiger partial charge on any atom is 0.315 e. The van der Waals surface area contributed by atoms with E-state index in [9.17, 15) is 0 Å². The van der Waals surface area contributed by atoms with E-state index in [1.807, 2.05) is 18.2 Å². The molecular weight excluding hydrogens is 264 g/mol. The fourth-order valence-corrected chi connectivity index (χ4v) is 2.08. The molecule has 1 aromatic heterocycles. The number of nitrogens with zero attached hydrogens (tertiary/aromatic N) is 2. The largest absolute Gasteiger partial charge is 0.407 e. The van der Waals surface area contributed by atoms with Gasteiger partial charge in [-0.3, -0.25) is 0 Å². The lowest BCUT2D eigenvalue weighted by Gasteiger charge is -2.11. The molecule has 0 aliphatic rings. The van der Waals surface area contributed by atoms with E-state index in [4.69, 9.17) is 4.42 Å². The third kappa shape index (κ3) is 5.55. The highest BCUT2D eigenvalue weighted by atomic mass is 16.4. The second-order valence-electron chi connectivity index (χ2n) is 5.76. The van der Waals surface area contributed by atoms with E-state index in [0.29, 0.717) is 24.4 Å². The minimum Gasteiger partial charge on any atom is -0.407 e. The third-order valence-electron chi connectivity index (χ3n) is 3.05. The van der Waals surface area contributed by atoms with Crippen molar-refractivity contribution in [2.24, 2.45) is 5.92 Å². The van der Waals surface area contributed by atoms with Crippen LogP contribution in [0.15, 0.2) is 34.7 Å². The van der Waals surface area contributed by atoms with Gasteiger partial charge in [0.15, 0.2) is 0 Å². The standard InChI is InChI=1S/C16H24N4O/c1-12(2)10-17-11-15-19-20-16(21-15)18-13(3)9-14-7-5-4-6-8-14/h4-8,12-13,17H,9-11H2,1-3H3,(H,18,20). The van der Waals surface area contributed by atoms with Gasteiger partial charge in [0, 0.05) is 6.04 Å². The molecule has 1 heterocycles. The molecule has 5 heteroatoms. The smallest absolute Gasteiger partial charge is 0.315 e. The molecule has 114 valence electrons. The first-order chi connectivity index (χ1) is 10.1. The van der Waals surface area contributed by atoms with Gasteiger partial charge < -0.3 is 15.1 Å². The molecule has 0 bridgehead atoms. The summed E-state index contributed by atoms with van der Waals surface area (Å²) in [5.74, 6) is 1.22. The quantitative estimate of drug-likeness (QED) is 0.782. The summed E-state index contributed by atoms with van der Waals surface area (Å²) in [5, 5.41) is 14.6. The number of hydrogen-bond donors (Lipinski definition) is 2. The molecule has 2 aromatic rings. The van der Waals surface area contributed by atoms with Crippen LogP contribution in [0.2, 0.25) is 0 Å². The fourth-order valence-electron chi connectivity index (χ4n) is 2.08. The first-order valence-electron chi connectivity index (χ1n) is 7.47. The summed E-state index contributed by atoms with van der Waals surface area (Å²) in [6.45, 7) is 7.99. The van der Waals surface area contributed by atoms with Gasteiger partial charge in [-0.2, -0.15) is 0 Å². The lowest BCUT2D eigenvalue weighted by Crippen LogP contribution is -2.19. The molecule has 1 atom stereocenters. The Morgan fingerprint density at radius 3 is 2.57 bits per heavy atom. The van der Waals surface area contributed by atoms with E-state index in [-0.39, 0.29) is 6.04 Å². The van der Waals surface area contributed by atoms with Crippen molar-refractivity contribution in [3.05, 3.63) is 41.8 Å². The summed E-state index contributed by atoms with van der Waals surface area (Å²) in [5.41, 5.74) is 1.29. The zero-order valence-electron chi connectivity index (χ0n) is 13.0. The Kier molecular flexibility index (Phi) is 5.75. The lowest BCUT2D eigenvalue weighted by molar-refractivity contribution is 0.456. The Morgan fingerprint density at radius 1 is 1.10 bits per heavy atom. The van der Waals surface area contributed by atoms with E-state index in [1.165, 1.54) is 5.56 Å². The Labute approximate surface area is 126 Å². The van der Waals surface area contributed by atoms with Crippen LogP contribution in [-0.2, 0) is 13.0 Å². The summed E-state index contributed by atoms with van der Waals surface area (Å²) in [7, 11) is 0. The van der Waals surface area contributed by atoms with Gasteiger partial charge in [0.05, 0.1) is 6.54 Å². The minimum atomic E-state index is 0.240. The van der Waals surface area contributed by atoms with Gasteiger partial charge in [-0.05, 0) is 31.4 Å². The Balaban J connectivity index is 1.79. The lowest BCUT2D eigenvalue weighted by atomic mass is 10.1. The summed E-state index contributed by atoms with van der Waals surface area (Å²) >= 11 is 0. The normalized spacial score (nSPS) is 12.6. The van der Waals surface area contributed by atoms with Crippen molar-refractivity contribution in [2.45, 2.75) is 39.8 Å². The van der Waals surface area contributed by atoms with Gasteiger partial charge in [-0.15, -0.1) is 5.10 Å². The molecule has 2 rings (SSSR count). The van der Waals surface area contributed by atoms with Crippen molar-refractivity contribution < 1.29 is 4.42 Å². The van der Waals surface area contributed by atoms with E-state index in [0.717, 1.165) is 13.0 Å². The van der Waals surface area contributed by atoms with Gasteiger partial charge in [0.2, 0.25) is 5.89 Å². The van der Waals surface area contributed by atoms with E-state index in [1.54, 1.807) is 0 Å². The highest BCUT2D eigenvalue weighted by Gasteiger charge is 2.09. The van der Waals surface area contributed by atoms with Crippen molar-refractivity contribution in [3.8, 4) is 0 Å². The molecule has 1 aromatic carbocycles. The number of aromatic nitrogens is 2. The third-order valence-corrected chi connectivity index (χ3v) is 3.05. The molecule has 0 radical (unpaired) electrons. The summed E-state index contributed by atoms with van der Waals surface area (Å²) in [4.78, 5) is 0. The average Bonchev–Trinajstić information content (AvgIpc) is 2.86. The second-order valence-corrected chi connectivity index (χ2v) is 5.76. The molecule has 0 spiro atoms. The van der Waals surface area contributed by atoms with Crippen LogP contribution in [0.3, 0.4) is 0 Å². The van der Waals surface area contributed by atoms with Crippen LogP contribution in [-0.4, -0.2) is 22.8 Å². The van der Waals surface area contributed by atoms with Gasteiger partial charge in [0.1, 0.15) is 0 Å². The number of nitrogens with one attached hydrogen (secondary N) is 2. The topological polar surface area (TPSA) is 63.0 Å². The van der Waals surface area contributed by atoms with E-state index in [2.05, 4.69) is 53.7 Å². The molecule has 0 amide bonds. The SMILES string of the molecule is CC(C)CNCc1nnc(NC(C)Cc2ccccc2)o1. The average molecular weight is 288 g/mol. The van der Waals surface area contributed by atoms with Crippen LogP contribution in [0.5, 0.6) is 0 Å². The molecule has 5 nitrogen and oxygen atoms in total. The van der Waals surface area contributed by atoms with Crippen LogP contribution in [0.25, 0.3) is 0 Å². The highest BCUT2D eigenvalue weighted by Crippen LogP contribution is 2.10. The van der Waals surface area contributed by atoms with Crippen LogP contribution in [0.1, 0.15) is 32.2 Å². The predicted molar refractivity (Wildman–Crippen MR) is 84.1 cm³/mol. The summed E-state index contributed by atoms with van der Waals surface area (Å²) in [6.07, 6.45) is 0.921. The summed E-state index contributed by atoms with van der Waals surface area (Å²) < 4.78 is 5.58. The van der Waals surface area contributed by atoms with Crippen molar-refractivity contribution in [2.75, 3.05) is 11.9 Å². The number of rotatable bonds is 8. The van der Waals surface area contributed by atoms with Gasteiger partial charge in [0.25, 0.3) is 0 Å². The first kappa shape index (κ1) is 15.5. The van der Waals surface area contributed by atoms with E-state index >= 15 is 0 Å². The highest BCUT2D eigenvalue weighted by molar-refractivity contribution is 5.22. The van der Waals surface area contributed by atoms with Crippen LogP contribution in [0, 0.1) is 5.92 Å². The zero-order chi connectivity index (χ0) is 15.1. The number of anilines is 1. The van der Waals surface area contributed by atoms with Crippen molar-refractivity contribution >= 4 is 6.01 Å². The van der Waals surface area contributed by atoms with Crippen molar-refractivity contribution in [3.63, 3.8) is 0 Å². The molecular formula is C16H24N4O. The van der Waals surface area contributed by atoms with Gasteiger partial charge >= 0.3 is 6.01 Å². The molecule has 1 unspecified atom stereocenters. The fraction of sp³-hybridized carbons (Fsp3) is 0.500. The molecule has 0 saturated heterocycles. The first-order valence-corrected chi connectivity index (χ1v) is 7.47. The van der Waals surface area contributed by atoms with Crippen LogP contribution >= 0.6 is 0 Å². The molecule has 0 saturated carbocycles. The van der Waals surface area contributed by atoms with Crippen molar-refractivity contribution in [1.29, 1.82) is 0 Å². The molecule has 0 aliphatic heterocycles. The minimum absolute atomic E-state index is 0.240. The monoisotopic (exact) mass is 288 g/mol. The maximum atomic E-state index is 5.58. The predicted octanol–water partition coefficient (Wildman–Crippen LogP) is 2.86. The molecule has 2 N–H and O–H groups in total. The zero-order valence-corrected chi connectivity index (χ0v) is 13.0. The maximum absolute atomic E-state index is 5.58. The number of hydrogen-bond acceptors (Lipinski definition) is 5. The van der Waals surface area contributed by atoms with Gasteiger partial charge in [-0.1, -0.05) is 49.3 Å². The van der Waals surface area contributed by atoms with Crippen LogP contribution in [0.4, 0.5) is 6.01 Å². The van der Waals surface area contributed by atoms with E-state index < -0.39 is 0 Å². The Morgan fingerprint density at radius 2 is 1.86 bits per heavy atom. The van der Waals surface area contributed by atoms with Crippen LogP contribution < -0.4 is 10.6 Å². The molecule has 0 aliphatic carbocycles. The second kappa shape index (κ2) is 7.78. The van der Waals surface area contributed by atoms with Gasteiger partial charge in [-0.25, -0.2) is 0 Å². The Bertz CT molecular complexity index is 524.